The van der Waals surface area contributed by atoms with E-state index in [4.69, 9.17) is 0 Å². The van der Waals surface area contributed by atoms with Gasteiger partial charge in [-0.25, -0.2) is 8.42 Å². The Morgan fingerprint density at radius 1 is 1.04 bits per heavy atom. The lowest BCUT2D eigenvalue weighted by atomic mass is 10.0. The molecule has 2 heterocycles. The Kier molecular flexibility index (Phi) is 4.78. The average Bonchev–Trinajstić information content (AvgIpc) is 2.84. The number of nitrogens with one attached hydrogen (secondary N) is 1. The summed E-state index contributed by atoms with van der Waals surface area (Å²) in [4.78, 5) is 2.47. The van der Waals surface area contributed by atoms with Crippen LogP contribution in [-0.2, 0) is 16.6 Å². The van der Waals surface area contributed by atoms with E-state index in [1.54, 1.807) is 23.5 Å². The average molecular weight is 337 g/mol. The van der Waals surface area contributed by atoms with E-state index in [1.807, 2.05) is 26.2 Å². The molecule has 6 heteroatoms. The molecule has 0 amide bonds. The van der Waals surface area contributed by atoms with Crippen molar-refractivity contribution in [3.05, 3.63) is 29.8 Å². The lowest BCUT2D eigenvalue weighted by molar-refractivity contribution is 0.251. The van der Waals surface area contributed by atoms with E-state index < -0.39 is 10.0 Å². The maximum absolute atomic E-state index is 12.9. The van der Waals surface area contributed by atoms with E-state index in [2.05, 4.69) is 10.2 Å². The second kappa shape index (κ2) is 6.51. The van der Waals surface area contributed by atoms with Gasteiger partial charge in [-0.3, -0.25) is 0 Å². The Bertz CT molecular complexity index is 630. The van der Waals surface area contributed by atoms with Crippen LogP contribution < -0.4 is 5.32 Å². The molecule has 0 spiro atoms. The molecule has 5 nitrogen and oxygen atoms in total. The van der Waals surface area contributed by atoms with Gasteiger partial charge in [0.2, 0.25) is 10.0 Å². The van der Waals surface area contributed by atoms with Crippen molar-refractivity contribution in [1.29, 1.82) is 0 Å². The van der Waals surface area contributed by atoms with E-state index in [0.29, 0.717) is 17.0 Å². The quantitative estimate of drug-likeness (QED) is 0.888. The fourth-order valence-corrected chi connectivity index (χ4v) is 5.20. The summed E-state index contributed by atoms with van der Waals surface area (Å²) in [6.45, 7) is 0.813. The van der Waals surface area contributed by atoms with Crippen LogP contribution in [-0.4, -0.2) is 56.9 Å². The van der Waals surface area contributed by atoms with Gasteiger partial charge >= 0.3 is 0 Å². The number of piperidine rings is 1. The zero-order valence-electron chi connectivity index (χ0n) is 14.2. The largest absolute Gasteiger partial charge is 0.311 e. The highest BCUT2D eigenvalue weighted by atomic mass is 32.2. The zero-order chi connectivity index (χ0) is 16.6. The molecular formula is C17H27N3O2S. The zero-order valence-corrected chi connectivity index (χ0v) is 15.0. The molecule has 2 aliphatic heterocycles. The van der Waals surface area contributed by atoms with Crippen molar-refractivity contribution in [1.82, 2.24) is 14.5 Å². The van der Waals surface area contributed by atoms with Crippen LogP contribution in [0.15, 0.2) is 29.2 Å². The van der Waals surface area contributed by atoms with Gasteiger partial charge in [-0.15, -0.1) is 0 Å². The summed E-state index contributed by atoms with van der Waals surface area (Å²) in [6.07, 6.45) is 4.19. The molecule has 2 bridgehead atoms. The molecule has 3 rings (SSSR count). The van der Waals surface area contributed by atoms with E-state index in [9.17, 15) is 8.42 Å². The molecule has 2 aliphatic rings. The monoisotopic (exact) mass is 337 g/mol. The summed E-state index contributed by atoms with van der Waals surface area (Å²) < 4.78 is 27.4. The van der Waals surface area contributed by atoms with Gasteiger partial charge in [0, 0.05) is 31.7 Å². The summed E-state index contributed by atoms with van der Waals surface area (Å²) in [5.74, 6) is 0. The molecule has 23 heavy (non-hydrogen) atoms. The van der Waals surface area contributed by atoms with Gasteiger partial charge in [-0.05, 0) is 57.5 Å². The SMILES string of the molecule is CN(C)Cc1ccc(S(=O)(=O)N(C)C2CC3CCC(C2)N3)cc1. The van der Waals surface area contributed by atoms with Crippen molar-refractivity contribution in [2.75, 3.05) is 21.1 Å². The second-order valence-electron chi connectivity index (χ2n) is 7.17. The molecule has 2 saturated heterocycles. The third kappa shape index (κ3) is 3.60. The van der Waals surface area contributed by atoms with Gasteiger partial charge in [0.25, 0.3) is 0 Å². The van der Waals surface area contributed by atoms with Crippen LogP contribution in [0.4, 0.5) is 0 Å². The fraction of sp³-hybridized carbons (Fsp3) is 0.647. The van der Waals surface area contributed by atoms with E-state index in [1.165, 1.54) is 12.8 Å². The van der Waals surface area contributed by atoms with Crippen molar-refractivity contribution in [2.45, 2.75) is 55.2 Å². The Morgan fingerprint density at radius 2 is 1.61 bits per heavy atom. The summed E-state index contributed by atoms with van der Waals surface area (Å²) >= 11 is 0. The lowest BCUT2D eigenvalue weighted by Crippen LogP contribution is -2.48. The minimum Gasteiger partial charge on any atom is -0.311 e. The van der Waals surface area contributed by atoms with Gasteiger partial charge in [0.15, 0.2) is 0 Å². The van der Waals surface area contributed by atoms with Crippen LogP contribution >= 0.6 is 0 Å². The van der Waals surface area contributed by atoms with Crippen LogP contribution in [0.5, 0.6) is 0 Å². The predicted octanol–water partition coefficient (Wildman–Crippen LogP) is 1.65. The lowest BCUT2D eigenvalue weighted by Gasteiger charge is -2.34. The maximum atomic E-state index is 12.9. The molecule has 128 valence electrons. The molecule has 1 N–H and O–H groups in total. The maximum Gasteiger partial charge on any atom is 0.243 e. The minimum absolute atomic E-state index is 0.111. The van der Waals surface area contributed by atoms with Gasteiger partial charge < -0.3 is 10.2 Å². The van der Waals surface area contributed by atoms with Gasteiger partial charge in [0.1, 0.15) is 0 Å². The highest BCUT2D eigenvalue weighted by Crippen LogP contribution is 2.31. The van der Waals surface area contributed by atoms with Crippen molar-refractivity contribution < 1.29 is 8.42 Å². The van der Waals surface area contributed by atoms with Crippen molar-refractivity contribution in [3.8, 4) is 0 Å². The third-order valence-corrected chi connectivity index (χ3v) is 6.99. The van der Waals surface area contributed by atoms with Gasteiger partial charge in [0.05, 0.1) is 4.90 Å². The summed E-state index contributed by atoms with van der Waals surface area (Å²) in [7, 11) is 2.33. The number of sulfonamides is 1. The van der Waals surface area contributed by atoms with Crippen LogP contribution in [0.25, 0.3) is 0 Å². The number of hydrogen-bond acceptors (Lipinski definition) is 4. The predicted molar refractivity (Wildman–Crippen MR) is 91.7 cm³/mol. The Hall–Kier alpha value is -0.950. The minimum atomic E-state index is -3.41. The number of benzene rings is 1. The highest BCUT2D eigenvalue weighted by molar-refractivity contribution is 7.89. The number of nitrogens with zero attached hydrogens (tertiary/aromatic N) is 2. The highest BCUT2D eigenvalue weighted by Gasteiger charge is 2.38. The van der Waals surface area contributed by atoms with Gasteiger partial charge in [-0.2, -0.15) is 4.31 Å². The fourth-order valence-electron chi connectivity index (χ4n) is 3.82. The molecule has 0 saturated carbocycles. The molecule has 2 unspecified atom stereocenters. The van der Waals surface area contributed by atoms with Gasteiger partial charge in [-0.1, -0.05) is 12.1 Å². The molecule has 2 atom stereocenters. The smallest absolute Gasteiger partial charge is 0.243 e. The first kappa shape index (κ1) is 16.9. The first-order valence-electron chi connectivity index (χ1n) is 8.34. The Labute approximate surface area is 139 Å². The summed E-state index contributed by atoms with van der Waals surface area (Å²) in [6, 6.07) is 8.37. The van der Waals surface area contributed by atoms with Crippen molar-refractivity contribution >= 4 is 10.0 Å². The topological polar surface area (TPSA) is 52.7 Å². The molecule has 0 aromatic heterocycles. The Morgan fingerprint density at radius 3 is 2.13 bits per heavy atom. The van der Waals surface area contributed by atoms with E-state index in [0.717, 1.165) is 24.9 Å². The van der Waals surface area contributed by atoms with E-state index >= 15 is 0 Å². The number of hydrogen-bond donors (Lipinski definition) is 1. The first-order valence-corrected chi connectivity index (χ1v) is 9.78. The molecule has 0 radical (unpaired) electrons. The summed E-state index contributed by atoms with van der Waals surface area (Å²) in [5, 5.41) is 3.57. The van der Waals surface area contributed by atoms with E-state index in [-0.39, 0.29) is 6.04 Å². The standard InChI is InChI=1S/C17H27N3O2S/c1-19(2)12-13-4-8-17(9-5-13)23(21,22)20(3)16-10-14-6-7-15(11-16)18-14/h4-5,8-9,14-16,18H,6-7,10-12H2,1-3H3. The number of fused-ring (bicyclic) bond motifs is 2. The molecule has 1 aromatic rings. The molecule has 0 aliphatic carbocycles. The molecule has 2 fully saturated rings. The van der Waals surface area contributed by atoms with Crippen LogP contribution in [0.1, 0.15) is 31.2 Å². The molecular weight excluding hydrogens is 310 g/mol. The summed E-state index contributed by atoms with van der Waals surface area (Å²) in [5.41, 5.74) is 1.12. The van der Waals surface area contributed by atoms with Crippen molar-refractivity contribution in [3.63, 3.8) is 0 Å². The second-order valence-corrected chi connectivity index (χ2v) is 9.16. The first-order chi connectivity index (χ1) is 10.9. The van der Waals surface area contributed by atoms with Crippen molar-refractivity contribution in [2.24, 2.45) is 0 Å². The Balaban J connectivity index is 1.75. The van der Waals surface area contributed by atoms with Crippen LogP contribution in [0.2, 0.25) is 0 Å². The number of rotatable bonds is 5. The third-order valence-electron chi connectivity index (χ3n) is 5.06. The van der Waals surface area contributed by atoms with Crippen LogP contribution in [0, 0.1) is 0 Å². The van der Waals surface area contributed by atoms with Crippen LogP contribution in [0.3, 0.4) is 0 Å². The normalized spacial score (nSPS) is 27.8. The molecule has 1 aromatic carbocycles.